The van der Waals surface area contributed by atoms with Gasteiger partial charge in [-0.25, -0.2) is 0 Å². The molecular weight excluding hydrogens is 414 g/mol. The van der Waals surface area contributed by atoms with E-state index in [1.165, 1.54) is 0 Å². The third-order valence-electron chi connectivity index (χ3n) is 3.51. The van der Waals surface area contributed by atoms with Gasteiger partial charge in [0.05, 0.1) is 39.3 Å². The average molecular weight is 437 g/mol. The van der Waals surface area contributed by atoms with Crippen LogP contribution in [0, 0.1) is 0 Å². The van der Waals surface area contributed by atoms with Gasteiger partial charge in [0.25, 0.3) is 6.47 Å². The quantitative estimate of drug-likeness (QED) is 0.105. The van der Waals surface area contributed by atoms with E-state index >= 15 is 0 Å². The number of carboxylic acid groups (broad SMARTS) is 5. The predicted octanol–water partition coefficient (Wildman–Crippen LogP) is -3.19. The zero-order chi connectivity index (χ0) is 23.3. The van der Waals surface area contributed by atoms with E-state index in [0.29, 0.717) is 0 Å². The van der Waals surface area contributed by atoms with Crippen molar-refractivity contribution in [2.24, 2.45) is 0 Å². The first-order chi connectivity index (χ1) is 13.9. The van der Waals surface area contributed by atoms with Crippen molar-refractivity contribution in [3.05, 3.63) is 0 Å². The second kappa shape index (κ2) is 13.8. The SMILES string of the molecule is O=COC(CN(CC(=O)O)CC(=O)O)N(CCN(CC(=O)O)CC(=O)O)CC(=O)O. The second-order valence-electron chi connectivity index (χ2n) is 6.01. The highest BCUT2D eigenvalue weighted by Gasteiger charge is 2.27. The molecule has 0 saturated carbocycles. The lowest BCUT2D eigenvalue weighted by Crippen LogP contribution is -2.52. The van der Waals surface area contributed by atoms with Crippen LogP contribution in [0.3, 0.4) is 0 Å². The van der Waals surface area contributed by atoms with Gasteiger partial charge in [0.1, 0.15) is 0 Å². The van der Waals surface area contributed by atoms with Crippen molar-refractivity contribution in [3.63, 3.8) is 0 Å². The number of hydrogen-bond acceptors (Lipinski definition) is 10. The summed E-state index contributed by atoms with van der Waals surface area (Å²) in [5.41, 5.74) is 0. The number of carbonyl (C=O) groups is 6. The minimum atomic E-state index is -1.39. The topological polar surface area (TPSA) is 223 Å². The molecule has 30 heavy (non-hydrogen) atoms. The van der Waals surface area contributed by atoms with Crippen molar-refractivity contribution in [1.29, 1.82) is 0 Å². The van der Waals surface area contributed by atoms with E-state index in [-0.39, 0.29) is 19.6 Å². The number of carboxylic acids is 5. The van der Waals surface area contributed by atoms with Crippen molar-refractivity contribution >= 4 is 36.3 Å². The lowest BCUT2D eigenvalue weighted by molar-refractivity contribution is -0.156. The van der Waals surface area contributed by atoms with Crippen LogP contribution in [0.25, 0.3) is 0 Å². The standard InChI is InChI=1S/C15H23N3O12/c19-9-30-10(3-17(6-13(24)25)7-14(26)27)18(8-15(28)29)2-1-16(4-11(20)21)5-12(22)23/h9-10H,1-8H2,(H,20,21)(H,22,23)(H,24,25)(H,26,27)(H,28,29). The van der Waals surface area contributed by atoms with Crippen LogP contribution in [-0.4, -0.2) is 135 Å². The van der Waals surface area contributed by atoms with Gasteiger partial charge in [-0.2, -0.15) is 0 Å². The van der Waals surface area contributed by atoms with Crippen LogP contribution >= 0.6 is 0 Å². The fourth-order valence-electron chi connectivity index (χ4n) is 2.46. The minimum absolute atomic E-state index is 0.0362. The van der Waals surface area contributed by atoms with Crippen LogP contribution in [0.2, 0.25) is 0 Å². The van der Waals surface area contributed by atoms with E-state index < -0.39 is 75.3 Å². The molecule has 0 aliphatic rings. The van der Waals surface area contributed by atoms with Crippen molar-refractivity contribution in [3.8, 4) is 0 Å². The molecule has 0 aromatic heterocycles. The maximum atomic E-state index is 11.2. The molecule has 170 valence electrons. The molecule has 0 saturated heterocycles. The first-order valence-corrected chi connectivity index (χ1v) is 8.31. The molecule has 15 heteroatoms. The summed E-state index contributed by atoms with van der Waals surface area (Å²) in [5, 5.41) is 44.6. The summed E-state index contributed by atoms with van der Waals surface area (Å²) in [5.74, 6) is -6.77. The predicted molar refractivity (Wildman–Crippen MR) is 93.6 cm³/mol. The molecule has 0 aliphatic carbocycles. The molecule has 0 radical (unpaired) electrons. The molecule has 15 nitrogen and oxygen atoms in total. The highest BCUT2D eigenvalue weighted by Crippen LogP contribution is 2.06. The Bertz CT molecular complexity index is 608. The molecule has 0 heterocycles. The molecule has 0 aromatic carbocycles. The van der Waals surface area contributed by atoms with Gasteiger partial charge in [-0.05, 0) is 0 Å². The molecule has 0 amide bonds. The van der Waals surface area contributed by atoms with Gasteiger partial charge in [-0.1, -0.05) is 0 Å². The van der Waals surface area contributed by atoms with Gasteiger partial charge in [0.15, 0.2) is 6.23 Å². The van der Waals surface area contributed by atoms with Crippen LogP contribution in [0.15, 0.2) is 0 Å². The fraction of sp³-hybridized carbons (Fsp3) is 0.600. The number of hydrogen-bond donors (Lipinski definition) is 5. The van der Waals surface area contributed by atoms with Crippen LogP contribution in [-0.2, 0) is 33.5 Å². The average Bonchev–Trinajstić information content (AvgIpc) is 2.55. The summed E-state index contributed by atoms with van der Waals surface area (Å²) in [6.45, 7) is -4.57. The molecular formula is C15H23N3O12. The smallest absolute Gasteiger partial charge is 0.317 e. The van der Waals surface area contributed by atoms with E-state index in [0.717, 1.165) is 14.7 Å². The Balaban J connectivity index is 5.47. The van der Waals surface area contributed by atoms with E-state index in [4.69, 9.17) is 30.3 Å². The van der Waals surface area contributed by atoms with Crippen LogP contribution in [0.1, 0.15) is 0 Å². The maximum Gasteiger partial charge on any atom is 0.317 e. The van der Waals surface area contributed by atoms with E-state index in [1.54, 1.807) is 0 Å². The highest BCUT2D eigenvalue weighted by molar-refractivity contribution is 5.73. The van der Waals surface area contributed by atoms with Gasteiger partial charge >= 0.3 is 29.8 Å². The Labute approximate surface area is 169 Å². The number of carbonyl (C=O) groups excluding carboxylic acids is 1. The first-order valence-electron chi connectivity index (χ1n) is 8.31. The molecule has 5 N–H and O–H groups in total. The summed E-state index contributed by atoms with van der Waals surface area (Å²) in [6, 6.07) is 0. The number of rotatable bonds is 18. The number of ether oxygens (including phenoxy) is 1. The monoisotopic (exact) mass is 437 g/mol. The zero-order valence-electron chi connectivity index (χ0n) is 15.7. The normalized spacial score (nSPS) is 12.0. The van der Waals surface area contributed by atoms with Crippen molar-refractivity contribution in [2.45, 2.75) is 6.23 Å². The Hall–Kier alpha value is -3.30. The van der Waals surface area contributed by atoms with Gasteiger partial charge in [-0.3, -0.25) is 43.5 Å². The molecule has 0 aliphatic heterocycles. The Morgan fingerprint density at radius 2 is 1.07 bits per heavy atom. The summed E-state index contributed by atoms with van der Waals surface area (Å²) in [6.07, 6.45) is -1.39. The largest absolute Gasteiger partial charge is 0.480 e. The molecule has 1 atom stereocenters. The van der Waals surface area contributed by atoms with Crippen molar-refractivity contribution in [2.75, 3.05) is 52.4 Å². The molecule has 0 fully saturated rings. The van der Waals surface area contributed by atoms with Gasteiger partial charge in [-0.15, -0.1) is 0 Å². The first kappa shape index (κ1) is 26.7. The van der Waals surface area contributed by atoms with Crippen LogP contribution in [0.5, 0.6) is 0 Å². The number of aliphatic carboxylic acids is 5. The third kappa shape index (κ3) is 13.0. The zero-order valence-corrected chi connectivity index (χ0v) is 15.7. The van der Waals surface area contributed by atoms with E-state index in [9.17, 15) is 28.8 Å². The lowest BCUT2D eigenvalue weighted by atomic mass is 10.3. The van der Waals surface area contributed by atoms with Crippen molar-refractivity contribution in [1.82, 2.24) is 14.7 Å². The van der Waals surface area contributed by atoms with E-state index in [1.807, 2.05) is 0 Å². The van der Waals surface area contributed by atoms with Crippen molar-refractivity contribution < 1.29 is 59.0 Å². The summed E-state index contributed by atoms with van der Waals surface area (Å²) in [4.78, 5) is 68.5. The molecule has 0 aromatic rings. The highest BCUT2D eigenvalue weighted by atomic mass is 16.5. The van der Waals surface area contributed by atoms with E-state index in [2.05, 4.69) is 0 Å². The lowest BCUT2D eigenvalue weighted by Gasteiger charge is -2.33. The summed E-state index contributed by atoms with van der Waals surface area (Å²) in [7, 11) is 0. The Morgan fingerprint density at radius 3 is 1.43 bits per heavy atom. The summed E-state index contributed by atoms with van der Waals surface area (Å²) < 4.78 is 4.80. The molecule has 0 bridgehead atoms. The number of nitrogens with zero attached hydrogens (tertiary/aromatic N) is 3. The Kier molecular flexibility index (Phi) is 12.3. The molecule has 1 unspecified atom stereocenters. The minimum Gasteiger partial charge on any atom is -0.480 e. The van der Waals surface area contributed by atoms with Crippen LogP contribution in [0.4, 0.5) is 0 Å². The van der Waals surface area contributed by atoms with Gasteiger partial charge < -0.3 is 30.3 Å². The second-order valence-corrected chi connectivity index (χ2v) is 6.01. The van der Waals surface area contributed by atoms with Crippen LogP contribution < -0.4 is 0 Å². The molecule has 0 spiro atoms. The van der Waals surface area contributed by atoms with Gasteiger partial charge in [0, 0.05) is 13.1 Å². The summed E-state index contributed by atoms with van der Waals surface area (Å²) >= 11 is 0. The molecule has 0 rings (SSSR count). The van der Waals surface area contributed by atoms with Gasteiger partial charge in [0.2, 0.25) is 0 Å². The Morgan fingerprint density at radius 1 is 0.667 bits per heavy atom. The maximum absolute atomic E-state index is 11.2. The third-order valence-corrected chi connectivity index (χ3v) is 3.51. The fourth-order valence-corrected chi connectivity index (χ4v) is 2.46.